The van der Waals surface area contributed by atoms with Crippen molar-refractivity contribution in [3.05, 3.63) is 30.3 Å². The lowest BCUT2D eigenvalue weighted by atomic mass is 10.2. The third-order valence-electron chi connectivity index (χ3n) is 3.96. The summed E-state index contributed by atoms with van der Waals surface area (Å²) < 4.78 is 4.95. The first kappa shape index (κ1) is 15.4. The van der Waals surface area contributed by atoms with Gasteiger partial charge in [0.1, 0.15) is 5.76 Å². The molecule has 1 saturated heterocycles. The lowest BCUT2D eigenvalue weighted by molar-refractivity contribution is -0.120. The standard InChI is InChI=1S/C15H20N6O2/c1-11-10-13(19-23-11)18-14(22)12(2)20-6-8-21(9-7-20)15-16-4-3-5-17-15/h3-5,10,12H,6-9H2,1-2H3,(H,18,19,22)/t12-/m1/s1. The van der Waals surface area contributed by atoms with Gasteiger partial charge in [0.25, 0.3) is 0 Å². The molecule has 2 aromatic rings. The zero-order chi connectivity index (χ0) is 16.2. The summed E-state index contributed by atoms with van der Waals surface area (Å²) >= 11 is 0. The van der Waals surface area contributed by atoms with Gasteiger partial charge in [-0.3, -0.25) is 9.69 Å². The SMILES string of the molecule is Cc1cc(NC(=O)[C@@H](C)N2CCN(c3ncccn3)CC2)no1. The molecule has 1 aliphatic rings. The van der Waals surface area contributed by atoms with E-state index in [0.29, 0.717) is 11.6 Å². The molecule has 0 spiro atoms. The van der Waals surface area contributed by atoms with E-state index in [1.807, 2.05) is 6.92 Å². The molecule has 2 aromatic heterocycles. The molecule has 1 aliphatic heterocycles. The van der Waals surface area contributed by atoms with Crippen LogP contribution in [-0.2, 0) is 4.79 Å². The molecule has 8 heteroatoms. The first-order chi connectivity index (χ1) is 11.1. The Labute approximate surface area is 134 Å². The summed E-state index contributed by atoms with van der Waals surface area (Å²) in [4.78, 5) is 25.1. The number of aromatic nitrogens is 3. The van der Waals surface area contributed by atoms with Gasteiger partial charge < -0.3 is 14.7 Å². The Balaban J connectivity index is 1.53. The number of rotatable bonds is 4. The molecule has 23 heavy (non-hydrogen) atoms. The van der Waals surface area contributed by atoms with Crippen LogP contribution in [0.5, 0.6) is 0 Å². The number of aryl methyl sites for hydroxylation is 1. The van der Waals surface area contributed by atoms with Crippen molar-refractivity contribution >= 4 is 17.7 Å². The molecule has 8 nitrogen and oxygen atoms in total. The average molecular weight is 316 g/mol. The summed E-state index contributed by atoms with van der Waals surface area (Å²) in [5.41, 5.74) is 0. The largest absolute Gasteiger partial charge is 0.360 e. The molecular formula is C15H20N6O2. The second-order valence-corrected chi connectivity index (χ2v) is 5.56. The maximum absolute atomic E-state index is 12.3. The smallest absolute Gasteiger partial charge is 0.242 e. The van der Waals surface area contributed by atoms with Crippen molar-refractivity contribution in [1.82, 2.24) is 20.0 Å². The van der Waals surface area contributed by atoms with Crippen molar-refractivity contribution in [1.29, 1.82) is 0 Å². The van der Waals surface area contributed by atoms with Crippen molar-refractivity contribution in [3.63, 3.8) is 0 Å². The summed E-state index contributed by atoms with van der Waals surface area (Å²) in [6.45, 7) is 6.85. The van der Waals surface area contributed by atoms with Gasteiger partial charge in [-0.05, 0) is 19.9 Å². The zero-order valence-corrected chi connectivity index (χ0v) is 13.3. The average Bonchev–Trinajstić information content (AvgIpc) is 3.00. The number of carbonyl (C=O) groups excluding carboxylic acids is 1. The number of nitrogens with one attached hydrogen (secondary N) is 1. The fourth-order valence-electron chi connectivity index (χ4n) is 2.59. The first-order valence-corrected chi connectivity index (χ1v) is 7.63. The highest BCUT2D eigenvalue weighted by atomic mass is 16.5. The van der Waals surface area contributed by atoms with Gasteiger partial charge in [-0.15, -0.1) is 0 Å². The van der Waals surface area contributed by atoms with Gasteiger partial charge in [0, 0.05) is 44.6 Å². The summed E-state index contributed by atoms with van der Waals surface area (Å²) in [6, 6.07) is 3.28. The Morgan fingerprint density at radius 3 is 2.57 bits per heavy atom. The van der Waals surface area contributed by atoms with E-state index < -0.39 is 0 Å². The summed E-state index contributed by atoms with van der Waals surface area (Å²) in [7, 11) is 0. The first-order valence-electron chi connectivity index (χ1n) is 7.63. The summed E-state index contributed by atoms with van der Waals surface area (Å²) in [6.07, 6.45) is 3.48. The molecule has 0 aliphatic carbocycles. The van der Waals surface area contributed by atoms with Crippen molar-refractivity contribution in [2.24, 2.45) is 0 Å². The topological polar surface area (TPSA) is 87.4 Å². The Morgan fingerprint density at radius 2 is 1.96 bits per heavy atom. The van der Waals surface area contributed by atoms with Crippen LogP contribution in [-0.4, -0.2) is 58.2 Å². The summed E-state index contributed by atoms with van der Waals surface area (Å²) in [5.74, 6) is 1.78. The number of amides is 1. The van der Waals surface area contributed by atoms with E-state index in [4.69, 9.17) is 4.52 Å². The molecule has 0 radical (unpaired) electrons. The molecule has 0 unspecified atom stereocenters. The lowest BCUT2D eigenvalue weighted by Gasteiger charge is -2.37. The monoisotopic (exact) mass is 316 g/mol. The minimum atomic E-state index is -0.231. The Hall–Kier alpha value is -2.48. The van der Waals surface area contributed by atoms with Crippen molar-refractivity contribution in [2.45, 2.75) is 19.9 Å². The predicted octanol–water partition coefficient (Wildman–Crippen LogP) is 0.922. The number of hydrogen-bond donors (Lipinski definition) is 1. The van der Waals surface area contributed by atoms with Crippen LogP contribution in [0.15, 0.2) is 29.0 Å². The van der Waals surface area contributed by atoms with E-state index in [2.05, 4.69) is 30.2 Å². The molecule has 1 atom stereocenters. The number of hydrogen-bond acceptors (Lipinski definition) is 7. The van der Waals surface area contributed by atoms with E-state index in [9.17, 15) is 4.79 Å². The van der Waals surface area contributed by atoms with Crippen LogP contribution in [0.25, 0.3) is 0 Å². The molecular weight excluding hydrogens is 296 g/mol. The van der Waals surface area contributed by atoms with Crippen molar-refractivity contribution < 1.29 is 9.32 Å². The van der Waals surface area contributed by atoms with E-state index in [1.54, 1.807) is 31.5 Å². The van der Waals surface area contributed by atoms with Crippen LogP contribution in [0, 0.1) is 6.92 Å². The van der Waals surface area contributed by atoms with Gasteiger partial charge in [0.2, 0.25) is 11.9 Å². The van der Waals surface area contributed by atoms with Gasteiger partial charge in [0.15, 0.2) is 5.82 Å². The normalized spacial score (nSPS) is 17.0. The van der Waals surface area contributed by atoms with Crippen molar-refractivity contribution in [2.75, 3.05) is 36.4 Å². The fourth-order valence-corrected chi connectivity index (χ4v) is 2.59. The molecule has 0 aromatic carbocycles. The van der Waals surface area contributed by atoms with Gasteiger partial charge in [-0.1, -0.05) is 5.16 Å². The molecule has 0 bridgehead atoms. The predicted molar refractivity (Wildman–Crippen MR) is 85.1 cm³/mol. The van der Waals surface area contributed by atoms with Gasteiger partial charge in [0.05, 0.1) is 6.04 Å². The molecule has 1 amide bonds. The van der Waals surface area contributed by atoms with Crippen LogP contribution >= 0.6 is 0 Å². The molecule has 3 heterocycles. The highest BCUT2D eigenvalue weighted by Crippen LogP contribution is 2.13. The minimum absolute atomic E-state index is 0.0808. The quantitative estimate of drug-likeness (QED) is 0.897. The number of anilines is 2. The third kappa shape index (κ3) is 3.65. The van der Waals surface area contributed by atoms with Gasteiger partial charge in [-0.25, -0.2) is 9.97 Å². The number of piperazine rings is 1. The van der Waals surface area contributed by atoms with Crippen LogP contribution in [0.3, 0.4) is 0 Å². The lowest BCUT2D eigenvalue weighted by Crippen LogP contribution is -2.53. The second-order valence-electron chi connectivity index (χ2n) is 5.56. The molecule has 1 N–H and O–H groups in total. The Kier molecular flexibility index (Phi) is 4.52. The third-order valence-corrected chi connectivity index (χ3v) is 3.96. The molecule has 122 valence electrons. The van der Waals surface area contributed by atoms with Crippen molar-refractivity contribution in [3.8, 4) is 0 Å². The van der Waals surface area contributed by atoms with Gasteiger partial charge in [-0.2, -0.15) is 0 Å². The zero-order valence-electron chi connectivity index (χ0n) is 13.3. The Morgan fingerprint density at radius 1 is 1.26 bits per heavy atom. The maximum Gasteiger partial charge on any atom is 0.242 e. The van der Waals surface area contributed by atoms with E-state index in [0.717, 1.165) is 32.1 Å². The Bertz CT molecular complexity index is 651. The highest BCUT2D eigenvalue weighted by molar-refractivity contribution is 5.93. The maximum atomic E-state index is 12.3. The summed E-state index contributed by atoms with van der Waals surface area (Å²) in [5, 5.41) is 6.56. The van der Waals surface area contributed by atoms with Crippen LogP contribution < -0.4 is 10.2 Å². The highest BCUT2D eigenvalue weighted by Gasteiger charge is 2.26. The van der Waals surface area contributed by atoms with Crippen LogP contribution in [0.2, 0.25) is 0 Å². The fraction of sp³-hybridized carbons (Fsp3) is 0.467. The van der Waals surface area contributed by atoms with E-state index in [1.165, 1.54) is 0 Å². The van der Waals surface area contributed by atoms with Crippen LogP contribution in [0.4, 0.5) is 11.8 Å². The number of nitrogens with zero attached hydrogens (tertiary/aromatic N) is 5. The van der Waals surface area contributed by atoms with E-state index >= 15 is 0 Å². The van der Waals surface area contributed by atoms with Gasteiger partial charge >= 0.3 is 0 Å². The molecule has 3 rings (SSSR count). The molecule has 0 saturated carbocycles. The second kappa shape index (κ2) is 6.74. The molecule has 1 fully saturated rings. The number of carbonyl (C=O) groups is 1. The van der Waals surface area contributed by atoms with Crippen LogP contribution in [0.1, 0.15) is 12.7 Å². The minimum Gasteiger partial charge on any atom is -0.360 e. The van der Waals surface area contributed by atoms with E-state index in [-0.39, 0.29) is 11.9 Å².